The van der Waals surface area contributed by atoms with E-state index in [4.69, 9.17) is 0 Å². The van der Waals surface area contributed by atoms with E-state index in [9.17, 15) is 0 Å². The van der Waals surface area contributed by atoms with Crippen LogP contribution in [0.3, 0.4) is 0 Å². The minimum absolute atomic E-state index is 0. The number of thioether (sulfide) groups is 1. The van der Waals surface area contributed by atoms with Crippen molar-refractivity contribution < 1.29 is 0 Å². The van der Waals surface area contributed by atoms with Crippen LogP contribution in [-0.2, 0) is 6.42 Å². The number of guanidine groups is 1. The number of halogens is 2. The van der Waals surface area contributed by atoms with Crippen LogP contribution in [0.2, 0.25) is 0 Å². The zero-order chi connectivity index (χ0) is 13.9. The molecule has 1 heterocycles. The zero-order valence-electron chi connectivity index (χ0n) is 11.9. The second-order valence-electron chi connectivity index (χ2n) is 4.08. The fraction of sp³-hybridized carbons (Fsp3) is 0.615. The van der Waals surface area contributed by atoms with E-state index >= 15 is 0 Å². The maximum absolute atomic E-state index is 4.23. The Labute approximate surface area is 161 Å². The lowest BCUT2D eigenvalue weighted by Crippen LogP contribution is -2.38. The van der Waals surface area contributed by atoms with Crippen LogP contribution < -0.4 is 10.6 Å². The topological polar surface area (TPSA) is 36.4 Å². The van der Waals surface area contributed by atoms with Gasteiger partial charge >= 0.3 is 0 Å². The first-order chi connectivity index (χ1) is 9.26. The molecule has 0 saturated heterocycles. The molecule has 0 atom stereocenters. The number of nitrogens with one attached hydrogen (secondary N) is 2. The summed E-state index contributed by atoms with van der Waals surface area (Å²) in [4.78, 5) is 5.66. The highest BCUT2D eigenvalue weighted by Gasteiger charge is 1.99. The van der Waals surface area contributed by atoms with Crippen LogP contribution in [0.4, 0.5) is 0 Å². The minimum Gasteiger partial charge on any atom is -0.356 e. The van der Waals surface area contributed by atoms with Crippen molar-refractivity contribution in [1.82, 2.24) is 10.6 Å². The number of thiophene rings is 1. The molecule has 0 aliphatic rings. The van der Waals surface area contributed by atoms with Gasteiger partial charge in [-0.15, -0.1) is 35.3 Å². The van der Waals surface area contributed by atoms with Gasteiger partial charge in [-0.1, -0.05) is 0 Å². The average Bonchev–Trinajstić information content (AvgIpc) is 2.82. The van der Waals surface area contributed by atoms with Gasteiger partial charge in [0.1, 0.15) is 0 Å². The third kappa shape index (κ3) is 9.67. The van der Waals surface area contributed by atoms with E-state index in [1.165, 1.54) is 26.4 Å². The molecule has 1 aromatic heterocycles. The molecule has 0 bridgehead atoms. The van der Waals surface area contributed by atoms with E-state index in [0.29, 0.717) is 0 Å². The van der Waals surface area contributed by atoms with Gasteiger partial charge in [0, 0.05) is 25.0 Å². The highest BCUT2D eigenvalue weighted by atomic mass is 127. The third-order valence-electron chi connectivity index (χ3n) is 2.58. The summed E-state index contributed by atoms with van der Waals surface area (Å²) in [5, 5.41) is 6.71. The van der Waals surface area contributed by atoms with E-state index in [1.54, 1.807) is 0 Å². The number of nitrogens with zero attached hydrogens (tertiary/aromatic N) is 1. The van der Waals surface area contributed by atoms with Crippen molar-refractivity contribution in [2.75, 3.05) is 32.1 Å². The van der Waals surface area contributed by atoms with Gasteiger partial charge in [0.2, 0.25) is 0 Å². The Bertz CT molecular complexity index is 383. The molecule has 0 aliphatic carbocycles. The first-order valence-corrected chi connectivity index (χ1v) is 9.73. The molecule has 0 unspecified atom stereocenters. The lowest BCUT2D eigenvalue weighted by molar-refractivity contribution is 0.731. The quantitative estimate of drug-likeness (QED) is 0.229. The second kappa shape index (κ2) is 13.4. The number of hydrogen-bond acceptors (Lipinski definition) is 3. The van der Waals surface area contributed by atoms with Crippen molar-refractivity contribution in [3.05, 3.63) is 19.9 Å². The molecule has 0 spiro atoms. The van der Waals surface area contributed by atoms with Crippen molar-refractivity contribution in [2.45, 2.75) is 19.3 Å². The molecule has 2 N–H and O–H groups in total. The summed E-state index contributed by atoms with van der Waals surface area (Å²) in [6.45, 7) is 1.93. The molecule has 116 valence electrons. The maximum atomic E-state index is 4.23. The molecule has 7 heteroatoms. The Balaban J connectivity index is 0.00000361. The Hall–Kier alpha value is 0.780. The van der Waals surface area contributed by atoms with Crippen molar-refractivity contribution >= 4 is 75.6 Å². The normalized spacial score (nSPS) is 11.1. The minimum atomic E-state index is 0. The Kier molecular flexibility index (Phi) is 14.0. The molecule has 1 rings (SSSR count). The summed E-state index contributed by atoms with van der Waals surface area (Å²) in [5.74, 6) is 2.15. The highest BCUT2D eigenvalue weighted by molar-refractivity contribution is 14.1. The molecule has 0 radical (unpaired) electrons. The fourth-order valence-electron chi connectivity index (χ4n) is 1.59. The van der Waals surface area contributed by atoms with E-state index in [0.717, 1.165) is 25.5 Å². The third-order valence-corrected chi connectivity index (χ3v) is 5.23. The smallest absolute Gasteiger partial charge is 0.190 e. The van der Waals surface area contributed by atoms with Gasteiger partial charge in [-0.05, 0) is 66.0 Å². The summed E-state index contributed by atoms with van der Waals surface area (Å²) in [5.41, 5.74) is 0. The highest BCUT2D eigenvalue weighted by Crippen LogP contribution is 2.18. The number of rotatable bonds is 8. The van der Waals surface area contributed by atoms with Crippen LogP contribution >= 0.6 is 69.7 Å². The van der Waals surface area contributed by atoms with Gasteiger partial charge in [0.25, 0.3) is 0 Å². The SMILES string of the molecule is CN=C(NCCCCSC)NCCc1ccc(I)s1.I. The zero-order valence-corrected chi connectivity index (χ0v) is 18.1. The molecular formula is C13H23I2N3S2. The lowest BCUT2D eigenvalue weighted by atomic mass is 10.3. The van der Waals surface area contributed by atoms with Crippen LogP contribution in [-0.4, -0.2) is 38.1 Å². The standard InChI is InChI=1S/C13H22IN3S2.HI/c1-15-13(16-8-3-4-10-18-2)17-9-7-11-5-6-12(14)19-11;/h5-6H,3-4,7-10H2,1-2H3,(H2,15,16,17);1H. The molecule has 0 aromatic carbocycles. The van der Waals surface area contributed by atoms with Gasteiger partial charge in [0.15, 0.2) is 5.96 Å². The lowest BCUT2D eigenvalue weighted by Gasteiger charge is -2.11. The summed E-state index contributed by atoms with van der Waals surface area (Å²) in [6.07, 6.45) is 5.67. The van der Waals surface area contributed by atoms with Crippen LogP contribution in [0.1, 0.15) is 17.7 Å². The first kappa shape index (κ1) is 20.8. The number of unbranched alkanes of at least 4 members (excludes halogenated alkanes) is 1. The Morgan fingerprint density at radius 2 is 2.05 bits per heavy atom. The van der Waals surface area contributed by atoms with Crippen molar-refractivity contribution in [3.63, 3.8) is 0 Å². The van der Waals surface area contributed by atoms with Gasteiger partial charge in [0.05, 0.1) is 2.88 Å². The molecular weight excluding hydrogens is 516 g/mol. The molecule has 0 fully saturated rings. The van der Waals surface area contributed by atoms with Crippen molar-refractivity contribution in [2.24, 2.45) is 4.99 Å². The fourth-order valence-corrected chi connectivity index (χ4v) is 3.84. The summed E-state index contributed by atoms with van der Waals surface area (Å²) >= 11 is 6.13. The summed E-state index contributed by atoms with van der Waals surface area (Å²) in [7, 11) is 1.82. The van der Waals surface area contributed by atoms with E-state index in [2.05, 4.69) is 56.6 Å². The van der Waals surface area contributed by atoms with Crippen LogP contribution in [0, 0.1) is 2.88 Å². The number of aliphatic imine (C=N–C) groups is 1. The number of hydrogen-bond donors (Lipinski definition) is 2. The summed E-state index contributed by atoms with van der Waals surface area (Å²) in [6, 6.07) is 4.37. The van der Waals surface area contributed by atoms with Gasteiger partial charge < -0.3 is 10.6 Å². The predicted octanol–water partition coefficient (Wildman–Crippen LogP) is 3.82. The van der Waals surface area contributed by atoms with Crippen molar-refractivity contribution in [1.29, 1.82) is 0 Å². The predicted molar refractivity (Wildman–Crippen MR) is 113 cm³/mol. The summed E-state index contributed by atoms with van der Waals surface area (Å²) < 4.78 is 1.35. The van der Waals surface area contributed by atoms with Crippen LogP contribution in [0.15, 0.2) is 17.1 Å². The van der Waals surface area contributed by atoms with E-state index in [-0.39, 0.29) is 24.0 Å². The monoisotopic (exact) mass is 539 g/mol. The Morgan fingerprint density at radius 3 is 2.65 bits per heavy atom. The molecule has 3 nitrogen and oxygen atoms in total. The van der Waals surface area contributed by atoms with Crippen LogP contribution in [0.25, 0.3) is 0 Å². The molecule has 0 saturated carbocycles. The van der Waals surface area contributed by atoms with E-state index in [1.807, 2.05) is 30.1 Å². The van der Waals surface area contributed by atoms with Crippen LogP contribution in [0.5, 0.6) is 0 Å². The van der Waals surface area contributed by atoms with Gasteiger partial charge in [-0.25, -0.2) is 0 Å². The largest absolute Gasteiger partial charge is 0.356 e. The van der Waals surface area contributed by atoms with E-state index < -0.39 is 0 Å². The maximum Gasteiger partial charge on any atom is 0.190 e. The van der Waals surface area contributed by atoms with Gasteiger partial charge in [-0.2, -0.15) is 11.8 Å². The molecule has 20 heavy (non-hydrogen) atoms. The Morgan fingerprint density at radius 1 is 1.30 bits per heavy atom. The molecule has 0 aliphatic heterocycles. The first-order valence-electron chi connectivity index (χ1n) is 6.44. The van der Waals surface area contributed by atoms with Crippen molar-refractivity contribution in [3.8, 4) is 0 Å². The second-order valence-corrected chi connectivity index (χ2v) is 8.13. The molecule has 0 amide bonds. The van der Waals surface area contributed by atoms with Gasteiger partial charge in [-0.3, -0.25) is 4.99 Å². The average molecular weight is 539 g/mol. The molecule has 1 aromatic rings.